The number of hydrogen-bond acceptors (Lipinski definition) is 4. The van der Waals surface area contributed by atoms with Crippen molar-refractivity contribution in [2.24, 2.45) is 13.3 Å². The molecule has 0 amide bonds. The summed E-state index contributed by atoms with van der Waals surface area (Å²) >= 11 is -0.265. The van der Waals surface area contributed by atoms with Gasteiger partial charge < -0.3 is 0 Å². The number of hydrogen-bond donors (Lipinski definition) is 0. The molecule has 9 heavy (non-hydrogen) atoms. The van der Waals surface area contributed by atoms with E-state index in [0.717, 1.165) is 5.84 Å². The second-order valence-corrected chi connectivity index (χ2v) is 3.40. The summed E-state index contributed by atoms with van der Waals surface area (Å²) in [7, 11) is 0. The minimum atomic E-state index is -0.265. The van der Waals surface area contributed by atoms with E-state index in [2.05, 4.69) is 13.3 Å². The van der Waals surface area contributed by atoms with Crippen LogP contribution in [0.3, 0.4) is 0 Å². The van der Waals surface area contributed by atoms with Crippen LogP contribution in [0.2, 0.25) is 0 Å². The number of aliphatic imine (C=N–C) groups is 1. The maximum Gasteiger partial charge on any atom is 0.168 e. The summed E-state index contributed by atoms with van der Waals surface area (Å²) in [4.78, 5) is 3.93. The van der Waals surface area contributed by atoms with Crippen LogP contribution in [-0.2, 0) is 0 Å². The highest BCUT2D eigenvalue weighted by Crippen LogP contribution is 2.19. The molecule has 0 fully saturated rings. The maximum absolute atomic E-state index is 3.93. The maximum atomic E-state index is 3.93. The summed E-state index contributed by atoms with van der Waals surface area (Å²) in [6, 6.07) is 0. The second-order valence-electron chi connectivity index (χ2n) is 1.50. The predicted octanol–water partition coefficient (Wildman–Crippen LogP) is 1.24. The van der Waals surface area contributed by atoms with Gasteiger partial charge in [-0.25, -0.2) is 8.11 Å². The zero-order valence-corrected chi connectivity index (χ0v) is 6.56. The summed E-state index contributed by atoms with van der Waals surface area (Å²) in [5, 5.41) is 3.90. The molecule has 0 atom stereocenters. The van der Waals surface area contributed by atoms with E-state index in [1.54, 1.807) is 12.5 Å². The fourth-order valence-corrected chi connectivity index (χ4v) is 1.82. The van der Waals surface area contributed by atoms with Crippen molar-refractivity contribution in [2.45, 2.75) is 0 Å². The van der Waals surface area contributed by atoms with E-state index < -0.39 is 0 Å². The lowest BCUT2D eigenvalue weighted by atomic mass is 10.5. The Morgan fingerprint density at radius 1 is 1.56 bits per heavy atom. The van der Waals surface area contributed by atoms with Crippen molar-refractivity contribution in [3.63, 3.8) is 0 Å². The standard InChI is InChI=1S/C4H3IN4/c1-2-6-3-9-4(1)7-8-5-9/h1-3H. The molecule has 0 bridgehead atoms. The lowest BCUT2D eigenvalue weighted by molar-refractivity contribution is 1.09. The first-order chi connectivity index (χ1) is 4.47. The number of amidine groups is 1. The molecule has 0 N–H and O–H groups in total. The monoisotopic (exact) mass is 234 g/mol. The van der Waals surface area contributed by atoms with Crippen molar-refractivity contribution in [2.75, 3.05) is 0 Å². The van der Waals surface area contributed by atoms with Crippen LogP contribution in [0.4, 0.5) is 0 Å². The van der Waals surface area contributed by atoms with E-state index >= 15 is 0 Å². The Hall–Kier alpha value is -0.590. The average Bonchev–Trinajstić information content (AvgIpc) is 2.33. The first-order valence-electron chi connectivity index (χ1n) is 2.38. The lowest BCUT2D eigenvalue weighted by Crippen LogP contribution is -2.16. The molecule has 4 nitrogen and oxygen atoms in total. The van der Waals surface area contributed by atoms with Gasteiger partial charge in [0.2, 0.25) is 0 Å². The third kappa shape index (κ3) is 0.805. The molecule has 0 aromatic rings. The molecular weight excluding hydrogens is 231 g/mol. The zero-order valence-electron chi connectivity index (χ0n) is 4.40. The molecule has 0 spiro atoms. The SMILES string of the molecule is C1=CC2=NN=IN2C=N1. The fraction of sp³-hybridized carbons (Fsp3) is 0. The minimum absolute atomic E-state index is 0.265. The first-order valence-corrected chi connectivity index (χ1v) is 4.31. The molecule has 2 heterocycles. The normalized spacial score (nSPS) is 21.3. The van der Waals surface area contributed by atoms with Gasteiger partial charge in [0, 0.05) is 12.3 Å². The highest BCUT2D eigenvalue weighted by Gasteiger charge is 2.10. The largest absolute Gasteiger partial charge is 0.246 e. The lowest BCUT2D eigenvalue weighted by Gasteiger charge is -2.06. The van der Waals surface area contributed by atoms with Gasteiger partial charge in [0.1, 0.15) is 6.34 Å². The Morgan fingerprint density at radius 3 is 3.44 bits per heavy atom. The van der Waals surface area contributed by atoms with Crippen LogP contribution in [0.5, 0.6) is 0 Å². The molecule has 0 saturated carbocycles. The number of halogens is 1. The highest BCUT2D eigenvalue weighted by molar-refractivity contribution is 14.1. The van der Waals surface area contributed by atoms with Crippen LogP contribution in [-0.4, -0.2) is 15.3 Å². The minimum Gasteiger partial charge on any atom is -0.246 e. The molecule has 0 radical (unpaired) electrons. The Morgan fingerprint density at radius 2 is 2.56 bits per heavy atom. The molecule has 0 aromatic heterocycles. The van der Waals surface area contributed by atoms with Gasteiger partial charge in [-0.2, -0.15) is 0 Å². The summed E-state index contributed by atoms with van der Waals surface area (Å²) < 4.78 is 5.89. The number of nitrogens with zero attached hydrogens (tertiary/aromatic N) is 4. The third-order valence-electron chi connectivity index (χ3n) is 0.952. The van der Waals surface area contributed by atoms with Crippen LogP contribution in [0.1, 0.15) is 0 Å². The van der Waals surface area contributed by atoms with Crippen LogP contribution in [0, 0.1) is 0 Å². The first kappa shape index (κ1) is 5.21. The Balaban J connectivity index is 2.40. The van der Waals surface area contributed by atoms with E-state index in [-0.39, 0.29) is 21.3 Å². The van der Waals surface area contributed by atoms with Crippen molar-refractivity contribution in [1.29, 1.82) is 0 Å². The quantitative estimate of drug-likeness (QED) is 0.459. The van der Waals surface area contributed by atoms with Gasteiger partial charge in [0.15, 0.2) is 27.1 Å². The van der Waals surface area contributed by atoms with E-state index in [0.29, 0.717) is 0 Å². The fourth-order valence-electron chi connectivity index (χ4n) is 0.563. The second kappa shape index (κ2) is 1.98. The predicted molar refractivity (Wildman–Crippen MR) is 43.4 cm³/mol. The molecule has 5 heteroatoms. The van der Waals surface area contributed by atoms with Gasteiger partial charge in [-0.1, -0.05) is 0 Å². The van der Waals surface area contributed by atoms with Gasteiger partial charge in [-0.05, 0) is 0 Å². The molecule has 0 aliphatic carbocycles. The van der Waals surface area contributed by atoms with Crippen molar-refractivity contribution in [3.8, 4) is 0 Å². The highest BCUT2D eigenvalue weighted by atomic mass is 127. The van der Waals surface area contributed by atoms with Gasteiger partial charge in [-0.3, -0.25) is 0 Å². The van der Waals surface area contributed by atoms with Gasteiger partial charge in [0.25, 0.3) is 0 Å². The zero-order chi connectivity index (χ0) is 6.10. The number of rotatable bonds is 0. The molecule has 2 aliphatic rings. The van der Waals surface area contributed by atoms with Crippen LogP contribution in [0.25, 0.3) is 0 Å². The van der Waals surface area contributed by atoms with Crippen molar-refractivity contribution < 1.29 is 0 Å². The van der Waals surface area contributed by atoms with Crippen molar-refractivity contribution in [1.82, 2.24) is 3.11 Å². The van der Waals surface area contributed by atoms with Crippen molar-refractivity contribution in [3.05, 3.63) is 12.3 Å². The average molecular weight is 234 g/mol. The molecule has 2 rings (SSSR count). The molecule has 2 aliphatic heterocycles. The summed E-state index contributed by atoms with van der Waals surface area (Å²) in [5.41, 5.74) is 0. The Labute approximate surface area is 62.5 Å². The van der Waals surface area contributed by atoms with Gasteiger partial charge >= 0.3 is 0 Å². The molecule has 0 aromatic carbocycles. The third-order valence-corrected chi connectivity index (χ3v) is 2.57. The van der Waals surface area contributed by atoms with Gasteiger partial charge in [0.05, 0.1) is 0 Å². The van der Waals surface area contributed by atoms with E-state index in [9.17, 15) is 0 Å². The Bertz CT molecular complexity index is 239. The molecule has 0 saturated heterocycles. The summed E-state index contributed by atoms with van der Waals surface area (Å²) in [6.45, 7) is 0. The molecular formula is C4H3IN4. The topological polar surface area (TPSA) is 40.3 Å². The van der Waals surface area contributed by atoms with E-state index in [1.165, 1.54) is 0 Å². The summed E-state index contributed by atoms with van der Waals surface area (Å²) in [5.74, 6) is 0.929. The number of fused-ring (bicyclic) bond motifs is 1. The summed E-state index contributed by atoms with van der Waals surface area (Å²) in [6.07, 6.45) is 5.35. The molecule has 46 valence electrons. The van der Waals surface area contributed by atoms with Crippen LogP contribution in [0.15, 0.2) is 25.6 Å². The van der Waals surface area contributed by atoms with Gasteiger partial charge in [-0.15, -0.1) is 8.36 Å². The van der Waals surface area contributed by atoms with Crippen LogP contribution >= 0.6 is 21.3 Å². The van der Waals surface area contributed by atoms with Crippen LogP contribution < -0.4 is 0 Å². The van der Waals surface area contributed by atoms with Crippen molar-refractivity contribution >= 4 is 33.5 Å². The smallest absolute Gasteiger partial charge is 0.168 e. The Kier molecular flexibility index (Phi) is 1.15. The molecule has 0 unspecified atom stereocenters. The van der Waals surface area contributed by atoms with E-state index in [4.69, 9.17) is 0 Å². The van der Waals surface area contributed by atoms with E-state index in [1.807, 2.05) is 9.19 Å².